The predicted octanol–water partition coefficient (Wildman–Crippen LogP) is 3.45. The van der Waals surface area contributed by atoms with Gasteiger partial charge in [0.15, 0.2) is 5.65 Å². The summed E-state index contributed by atoms with van der Waals surface area (Å²) >= 11 is 1.64. The summed E-state index contributed by atoms with van der Waals surface area (Å²) in [6.45, 7) is 10.3. The Balaban J connectivity index is 1.79. The Kier molecular flexibility index (Phi) is 4.63. The number of ether oxygens (including phenoxy) is 1. The Labute approximate surface area is 162 Å². The minimum Gasteiger partial charge on any atom is -0.370 e. The average Bonchev–Trinajstić information content (AvgIpc) is 3.21. The standard InChI is InChI=1S/C19H25N5O2S/c1-5-7-8-23(6-2)18(25)15-21-16-14-12-9-19(3,4)26-10-13(12)27-17(14)20-11-24(16)22-15/h11H,5-10H2,1-4H3. The lowest BCUT2D eigenvalue weighted by molar-refractivity contribution is -0.0379. The highest BCUT2D eigenvalue weighted by Gasteiger charge is 2.31. The van der Waals surface area contributed by atoms with Crippen LogP contribution in [0.1, 0.15) is 61.6 Å². The smallest absolute Gasteiger partial charge is 0.293 e. The average molecular weight is 388 g/mol. The van der Waals surface area contributed by atoms with Gasteiger partial charge in [0.1, 0.15) is 11.2 Å². The maximum atomic E-state index is 12.9. The predicted molar refractivity (Wildman–Crippen MR) is 105 cm³/mol. The van der Waals surface area contributed by atoms with Gasteiger partial charge in [0.05, 0.1) is 17.6 Å². The molecule has 0 N–H and O–H groups in total. The molecular weight excluding hydrogens is 362 g/mol. The topological polar surface area (TPSA) is 72.6 Å². The zero-order chi connectivity index (χ0) is 19.2. The van der Waals surface area contributed by atoms with E-state index in [1.165, 1.54) is 10.4 Å². The monoisotopic (exact) mass is 387 g/mol. The molecule has 0 radical (unpaired) electrons. The zero-order valence-electron chi connectivity index (χ0n) is 16.3. The first-order valence-corrected chi connectivity index (χ1v) is 10.3. The van der Waals surface area contributed by atoms with Crippen LogP contribution in [-0.4, -0.2) is 49.1 Å². The van der Waals surface area contributed by atoms with E-state index in [-0.39, 0.29) is 17.3 Å². The van der Waals surface area contributed by atoms with Crippen molar-refractivity contribution in [2.45, 2.75) is 59.2 Å². The third-order valence-corrected chi connectivity index (χ3v) is 6.16. The van der Waals surface area contributed by atoms with Crippen molar-refractivity contribution in [3.63, 3.8) is 0 Å². The van der Waals surface area contributed by atoms with Gasteiger partial charge in [0.25, 0.3) is 5.91 Å². The van der Waals surface area contributed by atoms with Crippen molar-refractivity contribution in [3.8, 4) is 0 Å². The highest BCUT2D eigenvalue weighted by atomic mass is 32.1. The molecule has 0 saturated carbocycles. The number of thiophene rings is 1. The van der Waals surface area contributed by atoms with E-state index in [0.29, 0.717) is 18.8 Å². The first-order valence-electron chi connectivity index (χ1n) is 9.52. The van der Waals surface area contributed by atoms with E-state index in [1.54, 1.807) is 22.2 Å². The molecule has 0 saturated heterocycles. The molecule has 0 spiro atoms. The number of hydrogen-bond donors (Lipinski definition) is 0. The number of aromatic nitrogens is 4. The van der Waals surface area contributed by atoms with Gasteiger partial charge in [0.2, 0.25) is 5.82 Å². The lowest BCUT2D eigenvalue weighted by Gasteiger charge is -2.30. The van der Waals surface area contributed by atoms with Crippen LogP contribution in [0, 0.1) is 0 Å². The summed E-state index contributed by atoms with van der Waals surface area (Å²) in [5, 5.41) is 5.44. The molecule has 0 aliphatic carbocycles. The van der Waals surface area contributed by atoms with E-state index in [4.69, 9.17) is 4.74 Å². The molecule has 4 heterocycles. The van der Waals surface area contributed by atoms with Gasteiger partial charge < -0.3 is 9.64 Å². The summed E-state index contributed by atoms with van der Waals surface area (Å²) in [7, 11) is 0. The van der Waals surface area contributed by atoms with E-state index in [9.17, 15) is 4.79 Å². The van der Waals surface area contributed by atoms with Crippen LogP contribution in [0.4, 0.5) is 0 Å². The molecule has 0 aromatic carbocycles. The van der Waals surface area contributed by atoms with E-state index in [1.807, 2.05) is 11.8 Å². The molecule has 1 amide bonds. The van der Waals surface area contributed by atoms with Gasteiger partial charge in [-0.15, -0.1) is 16.4 Å². The molecule has 144 valence electrons. The number of fused-ring (bicyclic) bond motifs is 5. The van der Waals surface area contributed by atoms with Gasteiger partial charge >= 0.3 is 0 Å². The molecule has 8 heteroatoms. The second kappa shape index (κ2) is 6.83. The Morgan fingerprint density at radius 2 is 2.22 bits per heavy atom. The minimum atomic E-state index is -0.217. The third-order valence-electron chi connectivity index (χ3n) is 5.05. The number of nitrogens with zero attached hydrogens (tertiary/aromatic N) is 5. The Morgan fingerprint density at radius 3 is 2.96 bits per heavy atom. The molecule has 0 bridgehead atoms. The van der Waals surface area contributed by atoms with Gasteiger partial charge in [-0.1, -0.05) is 13.3 Å². The maximum absolute atomic E-state index is 12.9. The maximum Gasteiger partial charge on any atom is 0.293 e. The second-order valence-electron chi connectivity index (χ2n) is 7.60. The van der Waals surface area contributed by atoms with Gasteiger partial charge in [-0.25, -0.2) is 14.5 Å². The number of carbonyl (C=O) groups is 1. The van der Waals surface area contributed by atoms with E-state index in [2.05, 4.69) is 35.8 Å². The molecule has 4 rings (SSSR count). The third kappa shape index (κ3) is 3.21. The zero-order valence-corrected chi connectivity index (χ0v) is 17.1. The van der Waals surface area contributed by atoms with Crippen LogP contribution in [0.3, 0.4) is 0 Å². The molecule has 1 aliphatic heterocycles. The van der Waals surface area contributed by atoms with E-state index in [0.717, 1.165) is 36.0 Å². The highest BCUT2D eigenvalue weighted by molar-refractivity contribution is 7.19. The van der Waals surface area contributed by atoms with Crippen molar-refractivity contribution in [1.29, 1.82) is 0 Å². The van der Waals surface area contributed by atoms with Crippen LogP contribution in [0.25, 0.3) is 15.9 Å². The molecule has 1 aliphatic rings. The normalized spacial score (nSPS) is 16.0. The SMILES string of the molecule is CCCCN(CC)C(=O)c1nc2c3c4c(sc3ncn2n1)COC(C)(C)C4. The lowest BCUT2D eigenvalue weighted by Crippen LogP contribution is -2.32. The van der Waals surface area contributed by atoms with Crippen LogP contribution < -0.4 is 0 Å². The second-order valence-corrected chi connectivity index (χ2v) is 8.68. The summed E-state index contributed by atoms with van der Waals surface area (Å²) < 4.78 is 7.58. The van der Waals surface area contributed by atoms with Crippen molar-refractivity contribution in [2.24, 2.45) is 0 Å². The van der Waals surface area contributed by atoms with Crippen LogP contribution in [-0.2, 0) is 17.8 Å². The van der Waals surface area contributed by atoms with Gasteiger partial charge in [-0.3, -0.25) is 4.79 Å². The molecule has 0 unspecified atom stereocenters. The Morgan fingerprint density at radius 1 is 1.41 bits per heavy atom. The Hall–Kier alpha value is -2.06. The molecule has 0 atom stereocenters. The summed E-state index contributed by atoms with van der Waals surface area (Å²) in [4.78, 5) is 26.0. The van der Waals surface area contributed by atoms with Crippen LogP contribution in [0.2, 0.25) is 0 Å². The summed E-state index contributed by atoms with van der Waals surface area (Å²) in [5.41, 5.74) is 1.73. The fraction of sp³-hybridized carbons (Fsp3) is 0.579. The molecule has 3 aromatic heterocycles. The lowest BCUT2D eigenvalue weighted by atomic mass is 9.94. The summed E-state index contributed by atoms with van der Waals surface area (Å²) in [6.07, 6.45) is 4.48. The van der Waals surface area contributed by atoms with Crippen molar-refractivity contribution in [1.82, 2.24) is 24.5 Å². The molecule has 3 aromatic rings. The van der Waals surface area contributed by atoms with Crippen molar-refractivity contribution in [3.05, 3.63) is 22.6 Å². The van der Waals surface area contributed by atoms with Gasteiger partial charge in [-0.2, -0.15) is 0 Å². The highest BCUT2D eigenvalue weighted by Crippen LogP contribution is 2.39. The van der Waals surface area contributed by atoms with E-state index < -0.39 is 0 Å². The van der Waals surface area contributed by atoms with Crippen molar-refractivity contribution in [2.75, 3.05) is 13.1 Å². The fourth-order valence-corrected chi connectivity index (χ4v) is 4.59. The van der Waals surface area contributed by atoms with Gasteiger partial charge in [0, 0.05) is 24.4 Å². The Bertz CT molecular complexity index is 1010. The first kappa shape index (κ1) is 18.3. The van der Waals surface area contributed by atoms with E-state index >= 15 is 0 Å². The minimum absolute atomic E-state index is 0.115. The number of hydrogen-bond acceptors (Lipinski definition) is 6. The molecule has 27 heavy (non-hydrogen) atoms. The molecule has 7 nitrogen and oxygen atoms in total. The van der Waals surface area contributed by atoms with Crippen molar-refractivity contribution < 1.29 is 9.53 Å². The summed E-state index contributed by atoms with van der Waals surface area (Å²) in [5.74, 6) is 0.129. The van der Waals surface area contributed by atoms with Crippen LogP contribution >= 0.6 is 11.3 Å². The fourth-order valence-electron chi connectivity index (χ4n) is 3.53. The van der Waals surface area contributed by atoms with Crippen LogP contribution in [0.15, 0.2) is 6.33 Å². The van der Waals surface area contributed by atoms with Crippen molar-refractivity contribution >= 4 is 33.1 Å². The van der Waals surface area contributed by atoms with Gasteiger partial charge in [-0.05, 0) is 32.8 Å². The number of carbonyl (C=O) groups excluding carboxylic acids is 1. The largest absolute Gasteiger partial charge is 0.370 e. The quantitative estimate of drug-likeness (QED) is 0.670. The molecular formula is C19H25N5O2S. The summed E-state index contributed by atoms with van der Waals surface area (Å²) in [6, 6.07) is 0. The molecule has 0 fully saturated rings. The first-order chi connectivity index (χ1) is 12.9. The number of rotatable bonds is 5. The van der Waals surface area contributed by atoms with Crippen LogP contribution in [0.5, 0.6) is 0 Å². The number of unbranched alkanes of at least 4 members (excludes halogenated alkanes) is 1. The number of amides is 1.